The molecule has 1 amide bonds. The van der Waals surface area contributed by atoms with E-state index in [2.05, 4.69) is 36.5 Å². The lowest BCUT2D eigenvalue weighted by molar-refractivity contribution is -0.241. The van der Waals surface area contributed by atoms with Gasteiger partial charge in [-0.15, -0.1) is 0 Å². The number of hydrogen-bond acceptors (Lipinski definition) is 8. The molecule has 0 aromatic heterocycles. The van der Waals surface area contributed by atoms with Crippen molar-refractivity contribution in [1.82, 2.24) is 5.32 Å². The molecule has 350 valence electrons. The van der Waals surface area contributed by atoms with Crippen molar-refractivity contribution in [2.45, 2.75) is 218 Å². The number of carbonyl (C=O) groups is 3. The molecule has 0 radical (unpaired) electrons. The van der Waals surface area contributed by atoms with Gasteiger partial charge in [0.2, 0.25) is 5.91 Å². The molecule has 0 aliphatic carbocycles. The highest BCUT2D eigenvalue weighted by molar-refractivity contribution is 6.30. The molecular formula is C51H79Cl2NO8. The molecule has 3 N–H and O–H groups in total. The maximum absolute atomic E-state index is 13.6. The molecule has 2 aromatic carbocycles. The van der Waals surface area contributed by atoms with Gasteiger partial charge in [-0.25, -0.2) is 0 Å². The molecule has 62 heavy (non-hydrogen) atoms. The van der Waals surface area contributed by atoms with Gasteiger partial charge in [-0.2, -0.15) is 0 Å². The number of nitrogens with one attached hydrogen (secondary N) is 1. The van der Waals surface area contributed by atoms with Crippen LogP contribution in [0.2, 0.25) is 10.0 Å². The lowest BCUT2D eigenvalue weighted by Crippen LogP contribution is -2.62. The summed E-state index contributed by atoms with van der Waals surface area (Å²) in [4.78, 5) is 39.8. The van der Waals surface area contributed by atoms with Crippen molar-refractivity contribution in [2.75, 3.05) is 6.61 Å². The first-order valence-corrected chi connectivity index (χ1v) is 25.0. The third kappa shape index (κ3) is 23.3. The molecule has 3 rings (SSSR count). The van der Waals surface area contributed by atoms with Gasteiger partial charge >= 0.3 is 11.9 Å². The summed E-state index contributed by atoms with van der Waals surface area (Å²) in [6.45, 7) is 3.63. The molecule has 1 heterocycles. The molecule has 1 fully saturated rings. The van der Waals surface area contributed by atoms with E-state index in [0.29, 0.717) is 19.3 Å². The smallest absolute Gasteiger partial charge is 0.306 e. The Kier molecular flexibility index (Phi) is 28.5. The van der Waals surface area contributed by atoms with Gasteiger partial charge < -0.3 is 29.7 Å². The van der Waals surface area contributed by atoms with E-state index in [-0.39, 0.29) is 25.4 Å². The summed E-state index contributed by atoms with van der Waals surface area (Å²) in [5, 5.41) is 25.3. The van der Waals surface area contributed by atoms with Crippen LogP contribution in [-0.4, -0.2) is 65.3 Å². The van der Waals surface area contributed by atoms with E-state index in [1.807, 2.05) is 24.3 Å². The van der Waals surface area contributed by atoms with Crippen molar-refractivity contribution in [3.8, 4) is 0 Å². The highest BCUT2D eigenvalue weighted by Crippen LogP contribution is 2.29. The summed E-state index contributed by atoms with van der Waals surface area (Å²) in [6.07, 6.45) is 21.7. The van der Waals surface area contributed by atoms with Crippen LogP contribution in [0.15, 0.2) is 48.5 Å². The molecule has 9 nitrogen and oxygen atoms in total. The molecule has 1 aliphatic heterocycles. The number of carbonyl (C=O) groups excluding carboxylic acids is 3. The lowest BCUT2D eigenvalue weighted by atomic mass is 9.89. The molecule has 1 aliphatic rings. The number of aliphatic hydroxyl groups is 2. The zero-order valence-electron chi connectivity index (χ0n) is 38.0. The van der Waals surface area contributed by atoms with Crippen molar-refractivity contribution in [3.63, 3.8) is 0 Å². The molecule has 6 atom stereocenters. The van der Waals surface area contributed by atoms with Crippen molar-refractivity contribution < 1.29 is 38.8 Å². The van der Waals surface area contributed by atoms with Crippen molar-refractivity contribution in [1.29, 1.82) is 0 Å². The second-order valence-electron chi connectivity index (χ2n) is 17.6. The topological polar surface area (TPSA) is 131 Å². The average Bonchev–Trinajstić information content (AvgIpc) is 3.25. The van der Waals surface area contributed by atoms with Crippen LogP contribution in [0, 0.1) is 5.92 Å². The van der Waals surface area contributed by atoms with Gasteiger partial charge in [0.25, 0.3) is 0 Å². The summed E-state index contributed by atoms with van der Waals surface area (Å²) in [6, 6.07) is 14.9. The zero-order valence-corrected chi connectivity index (χ0v) is 39.5. The maximum atomic E-state index is 13.6. The highest BCUT2D eigenvalue weighted by Gasteiger charge is 2.46. The zero-order chi connectivity index (χ0) is 44.8. The van der Waals surface area contributed by atoms with Gasteiger partial charge in [0.1, 0.15) is 18.2 Å². The van der Waals surface area contributed by atoms with E-state index in [1.54, 1.807) is 6.92 Å². The second kappa shape index (κ2) is 32.9. The third-order valence-corrected chi connectivity index (χ3v) is 12.7. The van der Waals surface area contributed by atoms with E-state index in [9.17, 15) is 24.6 Å². The van der Waals surface area contributed by atoms with E-state index in [0.717, 1.165) is 113 Å². The van der Waals surface area contributed by atoms with Gasteiger partial charge in [-0.05, 0) is 86.8 Å². The van der Waals surface area contributed by atoms with Gasteiger partial charge in [-0.3, -0.25) is 14.4 Å². The number of amides is 1. The average molecular weight is 905 g/mol. The molecule has 1 unspecified atom stereocenters. The predicted octanol–water partition coefficient (Wildman–Crippen LogP) is 12.2. The number of halogens is 2. The van der Waals surface area contributed by atoms with Crippen LogP contribution in [0.5, 0.6) is 0 Å². The first-order chi connectivity index (χ1) is 30.1. The molecule has 11 heteroatoms. The molecule has 0 bridgehead atoms. The standard InChI is InChI=1S/C51H79Cl2NO8/c1-3-4-5-6-7-8-9-16-21-26-44(60-47(57)27-22-17-12-10-14-19-24-40-29-33-42(52)34-30-40)37-46(56)54-49-50(39(2)45(38-55)61-51(49)59)62-48(58)28-23-18-13-11-15-20-25-41-31-35-43(53)36-32-41/h29-36,39,44-45,49-51,55,59H,3-28,37-38H2,1-2H3,(H,54,56)/t39-,44+,45-,49-,50+,51?/m1/s1. The van der Waals surface area contributed by atoms with Crippen molar-refractivity contribution in [3.05, 3.63) is 69.7 Å². The Hall–Kier alpha value is -2.69. The number of aryl methyl sites for hydroxylation is 2. The Morgan fingerprint density at radius 2 is 1.11 bits per heavy atom. The third-order valence-electron chi connectivity index (χ3n) is 12.2. The highest BCUT2D eigenvalue weighted by atomic mass is 35.5. The number of ether oxygens (including phenoxy) is 3. The molecule has 0 saturated carbocycles. The molecule has 2 aromatic rings. The fraction of sp³-hybridized carbons (Fsp3) is 0.706. The SMILES string of the molecule is CCCCCCCCCCC[C@@H](CC(=O)N[C@H]1C(O)O[C@H](CO)[C@@H](C)[C@@H]1OC(=O)CCCCCCCCc1ccc(Cl)cc1)OC(=O)CCCCCCCCc1ccc(Cl)cc1. The van der Waals surface area contributed by atoms with E-state index in [1.165, 1.54) is 49.7 Å². The fourth-order valence-corrected chi connectivity index (χ4v) is 8.59. The first-order valence-electron chi connectivity index (χ1n) is 24.2. The number of aliphatic hydroxyl groups excluding tert-OH is 2. The van der Waals surface area contributed by atoms with Crippen LogP contribution in [0.3, 0.4) is 0 Å². The predicted molar refractivity (Wildman–Crippen MR) is 250 cm³/mol. The van der Waals surface area contributed by atoms with Crippen LogP contribution in [0.25, 0.3) is 0 Å². The summed E-state index contributed by atoms with van der Waals surface area (Å²) in [5.41, 5.74) is 2.58. The Bertz CT molecular complexity index is 1490. The molecule has 0 spiro atoms. The number of benzene rings is 2. The summed E-state index contributed by atoms with van der Waals surface area (Å²) >= 11 is 12.0. The summed E-state index contributed by atoms with van der Waals surface area (Å²) < 4.78 is 17.5. The fourth-order valence-electron chi connectivity index (χ4n) is 8.34. The van der Waals surface area contributed by atoms with Gasteiger partial charge in [0.15, 0.2) is 6.29 Å². The Morgan fingerprint density at radius 3 is 1.61 bits per heavy atom. The first kappa shape index (κ1) is 53.6. The van der Waals surface area contributed by atoms with Crippen LogP contribution < -0.4 is 5.32 Å². The Balaban J connectivity index is 1.45. The summed E-state index contributed by atoms with van der Waals surface area (Å²) in [5.74, 6) is -1.62. The summed E-state index contributed by atoms with van der Waals surface area (Å²) in [7, 11) is 0. The van der Waals surface area contributed by atoms with E-state index in [4.69, 9.17) is 37.4 Å². The Labute approximate surface area is 383 Å². The maximum Gasteiger partial charge on any atom is 0.306 e. The quantitative estimate of drug-likeness (QED) is 0.0467. The number of unbranched alkanes of at least 4 members (excludes halogenated alkanes) is 18. The molecule has 1 saturated heterocycles. The van der Waals surface area contributed by atoms with Gasteiger partial charge in [0, 0.05) is 28.8 Å². The van der Waals surface area contributed by atoms with Gasteiger partial charge in [0.05, 0.1) is 19.1 Å². The van der Waals surface area contributed by atoms with Crippen LogP contribution in [0.1, 0.15) is 185 Å². The van der Waals surface area contributed by atoms with Crippen LogP contribution in [0.4, 0.5) is 0 Å². The van der Waals surface area contributed by atoms with Crippen molar-refractivity contribution >= 4 is 41.0 Å². The minimum Gasteiger partial charge on any atom is -0.462 e. The number of rotatable bonds is 34. The largest absolute Gasteiger partial charge is 0.462 e. The minimum atomic E-state index is -1.49. The monoisotopic (exact) mass is 904 g/mol. The number of esters is 2. The minimum absolute atomic E-state index is 0.0717. The van der Waals surface area contributed by atoms with Crippen LogP contribution in [-0.2, 0) is 41.4 Å². The van der Waals surface area contributed by atoms with Gasteiger partial charge in [-0.1, -0.05) is 164 Å². The number of hydrogen-bond donors (Lipinski definition) is 3. The Morgan fingerprint density at radius 1 is 0.661 bits per heavy atom. The van der Waals surface area contributed by atoms with E-state index >= 15 is 0 Å². The van der Waals surface area contributed by atoms with Crippen LogP contribution >= 0.6 is 23.2 Å². The molecular weight excluding hydrogens is 825 g/mol. The normalized spacial score (nSPS) is 19.2. The van der Waals surface area contributed by atoms with Crippen molar-refractivity contribution in [2.24, 2.45) is 5.92 Å². The second-order valence-corrected chi connectivity index (χ2v) is 18.5. The lowest BCUT2D eigenvalue weighted by Gasteiger charge is -2.43. The van der Waals surface area contributed by atoms with E-state index < -0.39 is 48.4 Å².